The van der Waals surface area contributed by atoms with E-state index in [1.165, 1.54) is 6.07 Å². The Morgan fingerprint density at radius 3 is 2.87 bits per heavy atom. The normalized spacial score (nSPS) is 26.7. The summed E-state index contributed by atoms with van der Waals surface area (Å²) in [5.41, 5.74) is 3.50. The van der Waals surface area contributed by atoms with Crippen LogP contribution in [0, 0.1) is 5.92 Å². The van der Waals surface area contributed by atoms with Crippen LogP contribution in [0.25, 0.3) is 0 Å². The topological polar surface area (TPSA) is 90.8 Å². The number of phenolic OH excluding ortho intramolecular Hbond substituents is 2. The molecule has 4 atom stereocenters. The van der Waals surface area contributed by atoms with Crippen molar-refractivity contribution in [3.05, 3.63) is 65.2 Å². The molecule has 2 aliphatic heterocycles. The van der Waals surface area contributed by atoms with Crippen LogP contribution < -0.4 is 10.6 Å². The standard InChI is InChI=1S/C24H26N2O4/c27-15-7-8-19(22(28)12-15)23-18-5-1-4-17(18)20-11-14(6-9-21(20)26-23)24(29)25-13-16-3-2-10-30-16/h1,4,6-9,11-12,16-18,23,26-28H,2-3,5,10,13H2,(H,25,29). The van der Waals surface area contributed by atoms with Crippen molar-refractivity contribution in [2.24, 2.45) is 5.92 Å². The number of amides is 1. The summed E-state index contributed by atoms with van der Waals surface area (Å²) in [5.74, 6) is 0.465. The number of allylic oxidation sites excluding steroid dienone is 2. The van der Waals surface area contributed by atoms with Crippen LogP contribution in [-0.4, -0.2) is 35.4 Å². The van der Waals surface area contributed by atoms with Crippen molar-refractivity contribution in [1.29, 1.82) is 0 Å². The molecule has 1 amide bonds. The average Bonchev–Trinajstić information content (AvgIpc) is 3.43. The third kappa shape index (κ3) is 3.41. The van der Waals surface area contributed by atoms with Gasteiger partial charge in [0.05, 0.1) is 12.1 Å². The molecule has 156 valence electrons. The zero-order chi connectivity index (χ0) is 20.7. The number of carbonyl (C=O) groups is 1. The van der Waals surface area contributed by atoms with Gasteiger partial charge in [0, 0.05) is 42.0 Å². The third-order valence-corrected chi connectivity index (χ3v) is 6.49. The van der Waals surface area contributed by atoms with E-state index in [-0.39, 0.29) is 41.4 Å². The van der Waals surface area contributed by atoms with Gasteiger partial charge in [0.25, 0.3) is 5.91 Å². The SMILES string of the molecule is O=C(NCC1CCCO1)c1ccc2c(c1)C1C=CCC1C(c1ccc(O)cc1O)N2. The summed E-state index contributed by atoms with van der Waals surface area (Å²) in [4.78, 5) is 12.7. The average molecular weight is 406 g/mol. The van der Waals surface area contributed by atoms with E-state index < -0.39 is 0 Å². The van der Waals surface area contributed by atoms with Crippen LogP contribution >= 0.6 is 0 Å². The van der Waals surface area contributed by atoms with Crippen LogP contribution in [0.1, 0.15) is 52.7 Å². The van der Waals surface area contributed by atoms with E-state index in [4.69, 9.17) is 4.74 Å². The number of anilines is 1. The molecular formula is C24H26N2O4. The van der Waals surface area contributed by atoms with E-state index in [1.807, 2.05) is 18.2 Å². The predicted molar refractivity (Wildman–Crippen MR) is 114 cm³/mol. The van der Waals surface area contributed by atoms with Crippen molar-refractivity contribution >= 4 is 11.6 Å². The van der Waals surface area contributed by atoms with Crippen molar-refractivity contribution < 1.29 is 19.7 Å². The monoisotopic (exact) mass is 406 g/mol. The minimum absolute atomic E-state index is 0.0483. The molecule has 0 saturated carbocycles. The molecule has 6 heteroatoms. The molecule has 0 spiro atoms. The molecule has 1 saturated heterocycles. The van der Waals surface area contributed by atoms with Gasteiger partial charge < -0.3 is 25.6 Å². The largest absolute Gasteiger partial charge is 0.508 e. The number of hydrogen-bond acceptors (Lipinski definition) is 5. The number of hydrogen-bond donors (Lipinski definition) is 4. The number of rotatable bonds is 4. The maximum Gasteiger partial charge on any atom is 0.251 e. The molecule has 1 fully saturated rings. The highest BCUT2D eigenvalue weighted by molar-refractivity contribution is 5.95. The molecule has 4 N–H and O–H groups in total. The Morgan fingerprint density at radius 2 is 2.07 bits per heavy atom. The first-order chi connectivity index (χ1) is 14.6. The van der Waals surface area contributed by atoms with E-state index in [9.17, 15) is 15.0 Å². The molecule has 1 aliphatic carbocycles. The zero-order valence-corrected chi connectivity index (χ0v) is 16.7. The van der Waals surface area contributed by atoms with Gasteiger partial charge in [-0.1, -0.05) is 12.2 Å². The lowest BCUT2D eigenvalue weighted by atomic mass is 9.76. The lowest BCUT2D eigenvalue weighted by molar-refractivity contribution is 0.0857. The molecule has 6 nitrogen and oxygen atoms in total. The van der Waals surface area contributed by atoms with E-state index in [2.05, 4.69) is 22.8 Å². The van der Waals surface area contributed by atoms with Crippen LogP contribution in [0.5, 0.6) is 11.5 Å². The quantitative estimate of drug-likeness (QED) is 0.580. The van der Waals surface area contributed by atoms with Crippen LogP contribution in [0.15, 0.2) is 48.6 Å². The van der Waals surface area contributed by atoms with Gasteiger partial charge >= 0.3 is 0 Å². The van der Waals surface area contributed by atoms with Crippen LogP contribution in [-0.2, 0) is 4.74 Å². The predicted octanol–water partition coefficient (Wildman–Crippen LogP) is 3.83. The third-order valence-electron chi connectivity index (χ3n) is 6.49. The Labute approximate surface area is 175 Å². The number of carbonyl (C=O) groups excluding carboxylic acids is 1. The molecule has 5 rings (SSSR count). The maximum atomic E-state index is 12.7. The van der Waals surface area contributed by atoms with Gasteiger partial charge in [0.15, 0.2) is 0 Å². The summed E-state index contributed by atoms with van der Waals surface area (Å²) in [7, 11) is 0. The van der Waals surface area contributed by atoms with Crippen molar-refractivity contribution in [2.45, 2.75) is 37.3 Å². The Balaban J connectivity index is 1.40. The van der Waals surface area contributed by atoms with Gasteiger partial charge in [-0.05, 0) is 61.1 Å². The number of phenols is 2. The molecule has 0 bridgehead atoms. The first-order valence-electron chi connectivity index (χ1n) is 10.6. The fourth-order valence-corrected chi connectivity index (χ4v) is 4.95. The van der Waals surface area contributed by atoms with Crippen LogP contribution in [0.3, 0.4) is 0 Å². The first-order valence-corrected chi connectivity index (χ1v) is 10.6. The minimum Gasteiger partial charge on any atom is -0.508 e. The second-order valence-electron chi connectivity index (χ2n) is 8.37. The number of benzene rings is 2. The Kier molecular flexibility index (Phi) is 4.87. The highest BCUT2D eigenvalue weighted by Gasteiger charge is 2.39. The summed E-state index contributed by atoms with van der Waals surface area (Å²) < 4.78 is 5.59. The molecule has 30 heavy (non-hydrogen) atoms. The van der Waals surface area contributed by atoms with Crippen molar-refractivity contribution in [2.75, 3.05) is 18.5 Å². The van der Waals surface area contributed by atoms with Crippen molar-refractivity contribution in [3.8, 4) is 11.5 Å². The number of aromatic hydroxyl groups is 2. The second-order valence-corrected chi connectivity index (χ2v) is 8.37. The maximum absolute atomic E-state index is 12.7. The van der Waals surface area contributed by atoms with E-state index in [0.717, 1.165) is 42.7 Å². The van der Waals surface area contributed by atoms with Gasteiger partial charge in [-0.3, -0.25) is 4.79 Å². The number of fused-ring (bicyclic) bond motifs is 3. The van der Waals surface area contributed by atoms with Crippen LogP contribution in [0.4, 0.5) is 5.69 Å². The summed E-state index contributed by atoms with van der Waals surface area (Å²) in [6.45, 7) is 1.32. The molecular weight excluding hydrogens is 380 g/mol. The van der Waals surface area contributed by atoms with Gasteiger partial charge in [-0.25, -0.2) is 0 Å². The fourth-order valence-electron chi connectivity index (χ4n) is 4.95. The summed E-state index contributed by atoms with van der Waals surface area (Å²) in [5, 5.41) is 26.6. The number of nitrogens with one attached hydrogen (secondary N) is 2. The van der Waals surface area contributed by atoms with Crippen LogP contribution in [0.2, 0.25) is 0 Å². The summed E-state index contributed by atoms with van der Waals surface area (Å²) >= 11 is 0. The molecule has 0 radical (unpaired) electrons. The summed E-state index contributed by atoms with van der Waals surface area (Å²) in [6.07, 6.45) is 7.42. The van der Waals surface area contributed by atoms with Crippen molar-refractivity contribution in [3.63, 3.8) is 0 Å². The van der Waals surface area contributed by atoms with Crippen molar-refractivity contribution in [1.82, 2.24) is 5.32 Å². The first kappa shape index (κ1) is 19.0. The molecule has 4 unspecified atom stereocenters. The highest BCUT2D eigenvalue weighted by Crippen LogP contribution is 2.51. The van der Waals surface area contributed by atoms with E-state index in [1.54, 1.807) is 12.1 Å². The second kappa shape index (κ2) is 7.69. The smallest absolute Gasteiger partial charge is 0.251 e. The lowest BCUT2D eigenvalue weighted by Crippen LogP contribution is -2.32. The molecule has 3 aliphatic rings. The van der Waals surface area contributed by atoms with E-state index in [0.29, 0.717) is 12.1 Å². The molecule has 2 aromatic carbocycles. The van der Waals surface area contributed by atoms with Gasteiger partial charge in [0.2, 0.25) is 0 Å². The molecule has 2 heterocycles. The zero-order valence-electron chi connectivity index (χ0n) is 16.7. The lowest BCUT2D eigenvalue weighted by Gasteiger charge is -2.38. The molecule has 0 aromatic heterocycles. The number of ether oxygens (including phenoxy) is 1. The van der Waals surface area contributed by atoms with Gasteiger partial charge in [-0.2, -0.15) is 0 Å². The van der Waals surface area contributed by atoms with Gasteiger partial charge in [-0.15, -0.1) is 0 Å². The highest BCUT2D eigenvalue weighted by atomic mass is 16.5. The Morgan fingerprint density at radius 1 is 1.17 bits per heavy atom. The van der Waals surface area contributed by atoms with Gasteiger partial charge in [0.1, 0.15) is 11.5 Å². The fraction of sp³-hybridized carbons (Fsp3) is 0.375. The summed E-state index contributed by atoms with van der Waals surface area (Å²) in [6, 6.07) is 10.4. The Bertz CT molecular complexity index is 997. The Hall–Kier alpha value is -2.99. The van der Waals surface area contributed by atoms with E-state index >= 15 is 0 Å². The molecule has 2 aromatic rings. The minimum atomic E-state index is -0.0786.